The molecule has 3 aromatic heterocycles. The quantitative estimate of drug-likeness (QED) is 0.271. The van der Waals surface area contributed by atoms with E-state index >= 15 is 0 Å². The van der Waals surface area contributed by atoms with Crippen molar-refractivity contribution in [3.8, 4) is 11.3 Å². The largest absolute Gasteiger partial charge is 0.437 e. The fourth-order valence-corrected chi connectivity index (χ4v) is 4.84. The van der Waals surface area contributed by atoms with E-state index in [1.54, 1.807) is 0 Å². The molecule has 5 aromatic rings. The van der Waals surface area contributed by atoms with E-state index in [4.69, 9.17) is 4.42 Å². The van der Waals surface area contributed by atoms with Crippen molar-refractivity contribution in [3.63, 3.8) is 0 Å². The summed E-state index contributed by atoms with van der Waals surface area (Å²) in [6.45, 7) is 8.56. The number of aromatic nitrogens is 2. The Morgan fingerprint density at radius 1 is 0.829 bits per heavy atom. The Labute approximate surface area is 207 Å². The molecule has 5 rings (SSSR count). The van der Waals surface area contributed by atoms with Crippen LogP contribution in [0.15, 0.2) is 71.1 Å². The first-order chi connectivity index (χ1) is 16.8. The van der Waals surface area contributed by atoms with E-state index in [1.165, 1.54) is 11.3 Å². The lowest BCUT2D eigenvalue weighted by Crippen LogP contribution is -2.38. The van der Waals surface area contributed by atoms with Crippen molar-refractivity contribution in [2.45, 2.75) is 33.7 Å². The van der Waals surface area contributed by atoms with Gasteiger partial charge in [0, 0.05) is 35.6 Å². The van der Waals surface area contributed by atoms with Crippen LogP contribution >= 0.6 is 0 Å². The van der Waals surface area contributed by atoms with E-state index in [0.29, 0.717) is 11.8 Å². The van der Waals surface area contributed by atoms with Gasteiger partial charge in [-0.2, -0.15) is 0 Å². The van der Waals surface area contributed by atoms with E-state index in [1.807, 2.05) is 13.0 Å². The maximum Gasteiger partial charge on any atom is 0.281 e. The minimum atomic E-state index is 0.398. The van der Waals surface area contributed by atoms with E-state index in [2.05, 4.69) is 122 Å². The Morgan fingerprint density at radius 3 is 2.29 bits per heavy atom. The molecular weight excluding hydrogens is 432 g/mol. The molecule has 5 heteroatoms. The fourth-order valence-electron chi connectivity index (χ4n) is 4.84. The molecule has 5 nitrogen and oxygen atoms in total. The molecule has 0 unspecified atom stereocenters. The van der Waals surface area contributed by atoms with Crippen LogP contribution < -0.4 is 14.4 Å². The lowest BCUT2D eigenvalue weighted by atomic mass is 10.0. The Balaban J connectivity index is 1.69. The number of pyridine rings is 2. The number of para-hydroxylation sites is 2. The minimum absolute atomic E-state index is 0.398. The van der Waals surface area contributed by atoms with Gasteiger partial charge >= 0.3 is 0 Å². The molecule has 35 heavy (non-hydrogen) atoms. The first kappa shape index (κ1) is 22.9. The van der Waals surface area contributed by atoms with Gasteiger partial charge in [-0.25, -0.2) is 14.5 Å². The standard InChI is InChI=1S/C30H33N4O/c1-19(2)32(5)24-11-8-9-12-25(24)33(6)27-14-10-13-26(34(27)7)28-20(3)15-17-22-23-18-16-21(4)31-30(23)35-29(22)28/h8-19H,1-7H3/q+1. The van der Waals surface area contributed by atoms with Crippen molar-refractivity contribution in [1.29, 1.82) is 0 Å². The summed E-state index contributed by atoms with van der Waals surface area (Å²) < 4.78 is 8.62. The van der Waals surface area contributed by atoms with Crippen LogP contribution in [0, 0.1) is 13.8 Å². The number of furan rings is 1. The average Bonchev–Trinajstić information content (AvgIpc) is 3.21. The molecule has 0 bridgehead atoms. The van der Waals surface area contributed by atoms with Crippen molar-refractivity contribution in [3.05, 3.63) is 78.0 Å². The number of aryl methyl sites for hydroxylation is 2. The zero-order chi connectivity index (χ0) is 24.9. The summed E-state index contributed by atoms with van der Waals surface area (Å²) >= 11 is 0. The van der Waals surface area contributed by atoms with Crippen LogP contribution in [0.5, 0.6) is 0 Å². The van der Waals surface area contributed by atoms with Crippen molar-refractivity contribution in [2.24, 2.45) is 7.05 Å². The van der Waals surface area contributed by atoms with Crippen molar-refractivity contribution < 1.29 is 8.98 Å². The van der Waals surface area contributed by atoms with Gasteiger partial charge in [0.15, 0.2) is 5.69 Å². The summed E-state index contributed by atoms with van der Waals surface area (Å²) in [6, 6.07) is 23.9. The van der Waals surface area contributed by atoms with E-state index in [0.717, 1.165) is 44.8 Å². The lowest BCUT2D eigenvalue weighted by Gasteiger charge is -2.27. The van der Waals surface area contributed by atoms with Crippen LogP contribution in [0.4, 0.5) is 17.2 Å². The van der Waals surface area contributed by atoms with Crippen LogP contribution in [0.2, 0.25) is 0 Å². The van der Waals surface area contributed by atoms with Gasteiger partial charge in [-0.05, 0) is 69.7 Å². The van der Waals surface area contributed by atoms with Crippen molar-refractivity contribution in [1.82, 2.24) is 4.98 Å². The molecule has 2 aromatic carbocycles. The summed E-state index contributed by atoms with van der Waals surface area (Å²) in [7, 11) is 6.40. The Kier molecular flexibility index (Phi) is 5.72. The zero-order valence-corrected chi connectivity index (χ0v) is 21.6. The van der Waals surface area contributed by atoms with Gasteiger partial charge in [0.25, 0.3) is 5.82 Å². The highest BCUT2D eigenvalue weighted by molar-refractivity contribution is 6.08. The maximum atomic E-state index is 6.37. The maximum absolute atomic E-state index is 6.37. The van der Waals surface area contributed by atoms with Gasteiger partial charge in [-0.1, -0.05) is 24.3 Å². The zero-order valence-electron chi connectivity index (χ0n) is 21.6. The third-order valence-corrected chi connectivity index (χ3v) is 7.06. The minimum Gasteiger partial charge on any atom is -0.437 e. The molecule has 0 fully saturated rings. The van der Waals surface area contributed by atoms with Crippen molar-refractivity contribution in [2.75, 3.05) is 23.9 Å². The second kappa shape index (κ2) is 8.73. The van der Waals surface area contributed by atoms with E-state index < -0.39 is 0 Å². The third-order valence-electron chi connectivity index (χ3n) is 7.06. The number of fused-ring (bicyclic) bond motifs is 3. The summed E-state index contributed by atoms with van der Waals surface area (Å²) in [4.78, 5) is 9.21. The highest BCUT2D eigenvalue weighted by Crippen LogP contribution is 2.38. The number of rotatable bonds is 5. The molecule has 0 spiro atoms. The van der Waals surface area contributed by atoms with Crippen LogP contribution in [0.1, 0.15) is 25.1 Å². The van der Waals surface area contributed by atoms with Gasteiger partial charge in [0.2, 0.25) is 5.71 Å². The number of benzene rings is 2. The summed E-state index contributed by atoms with van der Waals surface area (Å²) in [5.41, 5.74) is 8.26. The normalized spacial score (nSPS) is 11.5. The molecule has 0 aliphatic rings. The number of anilines is 3. The highest BCUT2D eigenvalue weighted by atomic mass is 16.3. The van der Waals surface area contributed by atoms with Gasteiger partial charge in [-0.15, -0.1) is 0 Å². The van der Waals surface area contributed by atoms with E-state index in [-0.39, 0.29) is 0 Å². The van der Waals surface area contributed by atoms with Crippen LogP contribution in [-0.4, -0.2) is 25.1 Å². The molecule has 0 atom stereocenters. The van der Waals surface area contributed by atoms with Crippen LogP contribution in [0.3, 0.4) is 0 Å². The Morgan fingerprint density at radius 2 is 1.54 bits per heavy atom. The molecule has 0 aliphatic heterocycles. The molecule has 0 N–H and O–H groups in total. The van der Waals surface area contributed by atoms with Crippen molar-refractivity contribution >= 4 is 39.3 Å². The first-order valence-electron chi connectivity index (χ1n) is 12.1. The molecule has 0 radical (unpaired) electrons. The fraction of sp³-hybridized carbons (Fsp3) is 0.267. The summed E-state index contributed by atoms with van der Waals surface area (Å²) in [5, 5.41) is 2.14. The monoisotopic (exact) mass is 465 g/mol. The molecule has 0 amide bonds. The van der Waals surface area contributed by atoms with Crippen LogP contribution in [-0.2, 0) is 7.05 Å². The second-order valence-corrected chi connectivity index (χ2v) is 9.62. The number of hydrogen-bond donors (Lipinski definition) is 0. The van der Waals surface area contributed by atoms with E-state index in [9.17, 15) is 0 Å². The van der Waals surface area contributed by atoms with Gasteiger partial charge in [0.1, 0.15) is 11.3 Å². The summed E-state index contributed by atoms with van der Waals surface area (Å²) in [5.74, 6) is 1.09. The Hall–Kier alpha value is -3.86. The summed E-state index contributed by atoms with van der Waals surface area (Å²) in [6.07, 6.45) is 0. The van der Waals surface area contributed by atoms with Gasteiger partial charge in [0.05, 0.1) is 25.3 Å². The highest BCUT2D eigenvalue weighted by Gasteiger charge is 2.25. The third kappa shape index (κ3) is 3.81. The lowest BCUT2D eigenvalue weighted by molar-refractivity contribution is -0.647. The Bertz CT molecular complexity index is 1550. The average molecular weight is 466 g/mol. The predicted molar refractivity (Wildman–Crippen MR) is 146 cm³/mol. The molecule has 178 valence electrons. The van der Waals surface area contributed by atoms with Crippen LogP contribution in [0.25, 0.3) is 33.3 Å². The van der Waals surface area contributed by atoms with Gasteiger partial charge < -0.3 is 9.32 Å². The number of hydrogen-bond acceptors (Lipinski definition) is 4. The van der Waals surface area contributed by atoms with Gasteiger partial charge in [-0.3, -0.25) is 0 Å². The molecular formula is C30H33N4O+. The smallest absolute Gasteiger partial charge is 0.281 e. The molecule has 0 saturated carbocycles. The number of nitrogens with zero attached hydrogens (tertiary/aromatic N) is 4. The molecule has 0 saturated heterocycles. The molecule has 0 aliphatic carbocycles. The first-order valence-corrected chi connectivity index (χ1v) is 12.1. The SMILES string of the molecule is Cc1ccc2c(n1)oc1c(-c3cccc(N(C)c4ccccc4N(C)C(C)C)[n+]3C)c(C)ccc12. The topological polar surface area (TPSA) is 36.4 Å². The predicted octanol–water partition coefficient (Wildman–Crippen LogP) is 6.70. The molecule has 3 heterocycles. The second-order valence-electron chi connectivity index (χ2n) is 9.62.